The van der Waals surface area contributed by atoms with Crippen LogP contribution in [0.3, 0.4) is 0 Å². The highest BCUT2D eigenvalue weighted by molar-refractivity contribution is 5.92. The standard InChI is InChI=1S/C29H48N4O5/c1-6-8-10-11-15-21-33(25(22-16-13-12-14-17-22)26(35)31-20-9-7-2)27(36)23(18-19-24(30)34)32-28(37)38-29(3,4)5/h12-14,16-17,23,25H,6-11,15,18-21H2,1-5H3,(H2,30,34)(H,31,35)(H,32,37). The minimum Gasteiger partial charge on any atom is -0.444 e. The molecular formula is C29H48N4O5. The lowest BCUT2D eigenvalue weighted by Crippen LogP contribution is -2.53. The van der Waals surface area contributed by atoms with Gasteiger partial charge in [-0.25, -0.2) is 4.79 Å². The molecule has 0 saturated carbocycles. The third-order valence-electron chi connectivity index (χ3n) is 5.96. The van der Waals surface area contributed by atoms with Crippen molar-refractivity contribution in [3.63, 3.8) is 0 Å². The van der Waals surface area contributed by atoms with Crippen LogP contribution in [-0.4, -0.2) is 53.4 Å². The number of carbonyl (C=O) groups is 4. The first-order valence-electron chi connectivity index (χ1n) is 13.9. The summed E-state index contributed by atoms with van der Waals surface area (Å²) in [5.74, 6) is -1.32. The van der Waals surface area contributed by atoms with Crippen molar-refractivity contribution in [2.45, 2.75) is 110 Å². The summed E-state index contributed by atoms with van der Waals surface area (Å²) >= 11 is 0. The summed E-state index contributed by atoms with van der Waals surface area (Å²) in [6.45, 7) is 10.2. The predicted octanol–water partition coefficient (Wildman–Crippen LogP) is 4.60. The molecule has 1 aromatic carbocycles. The number of carbonyl (C=O) groups excluding carboxylic acids is 4. The van der Waals surface area contributed by atoms with Gasteiger partial charge in [0.2, 0.25) is 17.7 Å². The van der Waals surface area contributed by atoms with Crippen molar-refractivity contribution < 1.29 is 23.9 Å². The summed E-state index contributed by atoms with van der Waals surface area (Å²) in [6, 6.07) is 7.18. The second kappa shape index (κ2) is 17.4. The van der Waals surface area contributed by atoms with Crippen molar-refractivity contribution in [2.75, 3.05) is 13.1 Å². The minimum absolute atomic E-state index is 0.00128. The van der Waals surface area contributed by atoms with Gasteiger partial charge in [-0.3, -0.25) is 14.4 Å². The van der Waals surface area contributed by atoms with E-state index >= 15 is 0 Å². The Morgan fingerprint density at radius 1 is 0.947 bits per heavy atom. The van der Waals surface area contributed by atoms with E-state index in [4.69, 9.17) is 10.5 Å². The molecule has 2 atom stereocenters. The molecule has 0 aliphatic heterocycles. The Labute approximate surface area is 228 Å². The van der Waals surface area contributed by atoms with Gasteiger partial charge in [-0.15, -0.1) is 0 Å². The first-order valence-corrected chi connectivity index (χ1v) is 13.9. The van der Waals surface area contributed by atoms with Crippen LogP contribution in [0.5, 0.6) is 0 Å². The Morgan fingerprint density at radius 3 is 2.16 bits per heavy atom. The highest BCUT2D eigenvalue weighted by Gasteiger charge is 2.36. The fourth-order valence-corrected chi connectivity index (χ4v) is 4.04. The largest absolute Gasteiger partial charge is 0.444 e. The van der Waals surface area contributed by atoms with Gasteiger partial charge in [0, 0.05) is 19.5 Å². The molecule has 4 N–H and O–H groups in total. The highest BCUT2D eigenvalue weighted by Crippen LogP contribution is 2.24. The maximum atomic E-state index is 14.0. The molecule has 0 aliphatic carbocycles. The quantitative estimate of drug-likeness (QED) is 0.252. The lowest BCUT2D eigenvalue weighted by atomic mass is 10.0. The average Bonchev–Trinajstić information content (AvgIpc) is 2.84. The van der Waals surface area contributed by atoms with E-state index in [-0.39, 0.29) is 18.7 Å². The number of unbranched alkanes of at least 4 members (excludes halogenated alkanes) is 5. The van der Waals surface area contributed by atoms with E-state index in [9.17, 15) is 19.2 Å². The Kier molecular flexibility index (Phi) is 15.1. The van der Waals surface area contributed by atoms with Crippen LogP contribution in [0.25, 0.3) is 0 Å². The molecule has 2 unspecified atom stereocenters. The number of nitrogens with zero attached hydrogens (tertiary/aromatic N) is 1. The lowest BCUT2D eigenvalue weighted by molar-refractivity contribution is -0.142. The van der Waals surface area contributed by atoms with Gasteiger partial charge >= 0.3 is 6.09 Å². The number of primary amides is 1. The molecule has 214 valence electrons. The van der Waals surface area contributed by atoms with E-state index in [0.29, 0.717) is 25.1 Å². The molecule has 0 saturated heterocycles. The van der Waals surface area contributed by atoms with Crippen molar-refractivity contribution in [3.8, 4) is 0 Å². The van der Waals surface area contributed by atoms with Gasteiger partial charge in [0.15, 0.2) is 0 Å². The maximum Gasteiger partial charge on any atom is 0.408 e. The van der Waals surface area contributed by atoms with E-state index in [1.165, 1.54) is 4.90 Å². The molecular weight excluding hydrogens is 484 g/mol. The first-order chi connectivity index (χ1) is 18.0. The number of ether oxygens (including phenoxy) is 1. The Morgan fingerprint density at radius 2 is 1.58 bits per heavy atom. The van der Waals surface area contributed by atoms with Crippen molar-refractivity contribution in [1.29, 1.82) is 0 Å². The van der Waals surface area contributed by atoms with Gasteiger partial charge in [0.25, 0.3) is 0 Å². The van der Waals surface area contributed by atoms with Crippen LogP contribution in [0, 0.1) is 0 Å². The maximum absolute atomic E-state index is 14.0. The lowest BCUT2D eigenvalue weighted by Gasteiger charge is -2.34. The summed E-state index contributed by atoms with van der Waals surface area (Å²) in [6.07, 6.45) is 5.68. The number of amides is 4. The highest BCUT2D eigenvalue weighted by atomic mass is 16.6. The summed E-state index contributed by atoms with van der Waals surface area (Å²) in [4.78, 5) is 53.3. The van der Waals surface area contributed by atoms with Gasteiger partial charge in [-0.05, 0) is 45.6 Å². The number of benzene rings is 1. The molecule has 9 heteroatoms. The van der Waals surface area contributed by atoms with Crippen molar-refractivity contribution in [3.05, 3.63) is 35.9 Å². The zero-order valence-electron chi connectivity index (χ0n) is 23.9. The fraction of sp³-hybridized carbons (Fsp3) is 0.655. The molecule has 1 aromatic rings. The van der Waals surface area contributed by atoms with Gasteiger partial charge in [0.1, 0.15) is 17.7 Å². The van der Waals surface area contributed by atoms with E-state index < -0.39 is 35.6 Å². The molecule has 0 fully saturated rings. The smallest absolute Gasteiger partial charge is 0.408 e. The van der Waals surface area contributed by atoms with E-state index in [1.54, 1.807) is 20.8 Å². The summed E-state index contributed by atoms with van der Waals surface area (Å²) in [5, 5.41) is 5.60. The van der Waals surface area contributed by atoms with Crippen LogP contribution in [0.4, 0.5) is 4.79 Å². The summed E-state index contributed by atoms with van der Waals surface area (Å²) in [7, 11) is 0. The van der Waals surface area contributed by atoms with Crippen LogP contribution >= 0.6 is 0 Å². The topological polar surface area (TPSA) is 131 Å². The van der Waals surface area contributed by atoms with Gasteiger partial charge < -0.3 is 26.0 Å². The third-order valence-corrected chi connectivity index (χ3v) is 5.96. The predicted molar refractivity (Wildman–Crippen MR) is 149 cm³/mol. The Balaban J connectivity index is 3.37. The van der Waals surface area contributed by atoms with Crippen LogP contribution in [-0.2, 0) is 19.1 Å². The Hall–Kier alpha value is -3.10. The molecule has 4 amide bonds. The van der Waals surface area contributed by atoms with Gasteiger partial charge in [-0.1, -0.05) is 76.3 Å². The van der Waals surface area contributed by atoms with Crippen LogP contribution in [0.15, 0.2) is 30.3 Å². The van der Waals surface area contributed by atoms with Crippen molar-refractivity contribution >= 4 is 23.8 Å². The van der Waals surface area contributed by atoms with Crippen LogP contribution in [0.2, 0.25) is 0 Å². The number of nitrogens with two attached hydrogens (primary N) is 1. The van der Waals surface area contributed by atoms with Crippen molar-refractivity contribution in [1.82, 2.24) is 15.5 Å². The molecule has 0 heterocycles. The number of hydrogen-bond acceptors (Lipinski definition) is 5. The molecule has 1 rings (SSSR count). The summed E-state index contributed by atoms with van der Waals surface area (Å²) < 4.78 is 5.37. The molecule has 0 bridgehead atoms. The number of rotatable bonds is 17. The summed E-state index contributed by atoms with van der Waals surface area (Å²) in [5.41, 5.74) is 5.28. The molecule has 0 radical (unpaired) electrons. The monoisotopic (exact) mass is 532 g/mol. The number of hydrogen-bond donors (Lipinski definition) is 3. The molecule has 0 aromatic heterocycles. The number of nitrogens with one attached hydrogen (secondary N) is 2. The first kappa shape index (κ1) is 32.9. The SMILES string of the molecule is CCCCCCCN(C(=O)C(CCC(N)=O)NC(=O)OC(C)(C)C)C(C(=O)NCCCC)c1ccccc1. The van der Waals surface area contributed by atoms with Crippen LogP contribution in [0.1, 0.15) is 104 Å². The van der Waals surface area contributed by atoms with E-state index in [1.807, 2.05) is 37.3 Å². The molecule has 0 aliphatic rings. The fourth-order valence-electron chi connectivity index (χ4n) is 4.04. The third kappa shape index (κ3) is 12.9. The average molecular weight is 533 g/mol. The minimum atomic E-state index is -1.08. The zero-order chi connectivity index (χ0) is 28.6. The van der Waals surface area contributed by atoms with Gasteiger partial charge in [-0.2, -0.15) is 0 Å². The molecule has 0 spiro atoms. The van der Waals surface area contributed by atoms with Crippen molar-refractivity contribution in [2.24, 2.45) is 5.73 Å². The Bertz CT molecular complexity index is 869. The van der Waals surface area contributed by atoms with Gasteiger partial charge in [0.05, 0.1) is 0 Å². The normalized spacial score (nSPS) is 12.8. The zero-order valence-corrected chi connectivity index (χ0v) is 23.9. The molecule has 9 nitrogen and oxygen atoms in total. The van der Waals surface area contributed by atoms with E-state index in [2.05, 4.69) is 17.6 Å². The second-order valence-corrected chi connectivity index (χ2v) is 10.6. The van der Waals surface area contributed by atoms with Crippen LogP contribution < -0.4 is 16.4 Å². The number of alkyl carbamates (subject to hydrolysis) is 1. The second-order valence-electron chi connectivity index (χ2n) is 10.6. The van der Waals surface area contributed by atoms with E-state index in [0.717, 1.165) is 38.5 Å². The molecule has 38 heavy (non-hydrogen) atoms.